The average molecular weight is 1810 g/mol. The number of anilines is 2. The maximum Gasteiger partial charge on any atom is 0.261 e. The Balaban J connectivity index is 0.941. The van der Waals surface area contributed by atoms with Crippen molar-refractivity contribution in [1.29, 1.82) is 0 Å². The average Bonchev–Trinajstić information content (AvgIpc) is 0.774. The van der Waals surface area contributed by atoms with E-state index < -0.39 is 237 Å². The van der Waals surface area contributed by atoms with Crippen LogP contribution in [-0.4, -0.2) is 429 Å². The van der Waals surface area contributed by atoms with E-state index in [1.54, 1.807) is 12.1 Å². The number of nitrogens with zero attached hydrogens (tertiary/aromatic N) is 1. The summed E-state index contributed by atoms with van der Waals surface area (Å²) in [6.07, 6.45) is -40.6. The van der Waals surface area contributed by atoms with Gasteiger partial charge in [0, 0.05) is 178 Å². The second-order valence-corrected chi connectivity index (χ2v) is 32.5. The van der Waals surface area contributed by atoms with Crippen molar-refractivity contribution in [3.05, 3.63) is 60.3 Å². The highest BCUT2D eigenvalue weighted by Crippen LogP contribution is 2.44. The summed E-state index contributed by atoms with van der Waals surface area (Å²) in [5, 5.41) is 6.43. The van der Waals surface area contributed by atoms with E-state index in [9.17, 15) is 18.0 Å². The minimum absolute atomic E-state index is 0.0775. The maximum atomic E-state index is 14.4. The van der Waals surface area contributed by atoms with E-state index in [0.717, 1.165) is 5.39 Å². The largest absolute Gasteiger partial charge is 0.382 e. The normalized spacial score (nSPS) is 38.6. The Morgan fingerprint density at radius 3 is 0.856 bits per heavy atom. The van der Waals surface area contributed by atoms with Crippen molar-refractivity contribution in [2.24, 2.45) is 0 Å². The van der Waals surface area contributed by atoms with E-state index >= 15 is 0 Å². The summed E-state index contributed by atoms with van der Waals surface area (Å²) in [6, 6.07) is 14.4. The van der Waals surface area contributed by atoms with Gasteiger partial charge < -0.3 is 172 Å². The highest BCUT2D eigenvalue weighted by Gasteiger charge is 2.62. The number of rotatable bonds is 35. The quantitative estimate of drug-likeness (QED) is 0.0741. The molecule has 21 aliphatic heterocycles. The first-order valence-corrected chi connectivity index (χ1v) is 42.6. The molecule has 125 heavy (non-hydrogen) atoms. The molecular formula is C82H128N4O38S. The summed E-state index contributed by atoms with van der Waals surface area (Å²) in [7, 11) is 25.3. The molecule has 35 atom stereocenters. The fraction of sp³-hybridized carbons (Fsp3) is 0.793. The van der Waals surface area contributed by atoms with Crippen LogP contribution in [0.15, 0.2) is 59.5 Å². The first-order chi connectivity index (χ1) is 60.6. The van der Waals surface area contributed by atoms with Gasteiger partial charge in [-0.3, -0.25) is 19.3 Å². The van der Waals surface area contributed by atoms with Crippen LogP contribution >= 0.6 is 0 Å². The Hall–Kier alpha value is -4.82. The SMILES string of the molecule is COC[C@H]1O[C@@H]2O[C@H]3[C@H](OC)[C@@H](OC)[C@@H](O[C@H]4[C@H](OC)[C@@H](OC)[C@@H](O[C@H]5[C@H](OC)[C@@H](OC)[C@@H](O[C@H]6[C@H](OC)[C@@H](OC)[C@@H](O[C@H]7[C@H](OC)[C@@H](OC)[C@@H](O[C@H]8[C@H](OC)[C@@H](OC)[C@@H](O[C@H]1[C@H](OC)[C@H]2OC)O[C@@H]8CNC(=O)CCC(=O)Nc1ccc(S(=O)(=O)Nc2cccc8ccc(C)nc28)cc1)O[C@@H]7COC)O[C@@H]6COC)O[C@@H]5COC)O[C@@H]4COC)O[C@@H]3COC. The van der Waals surface area contributed by atoms with Crippen LogP contribution in [0, 0.1) is 6.92 Å². The number of nitrogens with one attached hydrogen (secondary N) is 3. The summed E-state index contributed by atoms with van der Waals surface area (Å²) in [5.74, 6) is -1.17. The number of hydrogen-bond acceptors (Lipinski definition) is 39. The Morgan fingerprint density at radius 1 is 0.320 bits per heavy atom. The molecule has 0 saturated carbocycles. The molecule has 1 aromatic heterocycles. The summed E-state index contributed by atoms with van der Waals surface area (Å²) >= 11 is 0. The number of pyridine rings is 1. The first kappa shape index (κ1) is 101. The van der Waals surface area contributed by atoms with Crippen LogP contribution in [0.4, 0.5) is 11.4 Å². The van der Waals surface area contributed by atoms with Gasteiger partial charge in [-0.05, 0) is 43.3 Å². The van der Waals surface area contributed by atoms with Crippen molar-refractivity contribution >= 4 is 44.1 Å². The predicted octanol–water partition coefficient (Wildman–Crippen LogP) is 1.05. The molecule has 22 heterocycles. The lowest BCUT2D eigenvalue weighted by Gasteiger charge is -2.52. The molecule has 21 aliphatic rings. The number of ether oxygens (including phenoxy) is 34. The summed E-state index contributed by atoms with van der Waals surface area (Å²) in [6.45, 7) is 0.808. The number of benzene rings is 2. The van der Waals surface area contributed by atoms with E-state index in [2.05, 4.69) is 20.3 Å². The van der Waals surface area contributed by atoms with Gasteiger partial charge in [0.15, 0.2) is 44.0 Å². The van der Waals surface area contributed by atoms with Crippen molar-refractivity contribution in [3.8, 4) is 0 Å². The first-order valence-electron chi connectivity index (χ1n) is 41.1. The fourth-order valence-corrected chi connectivity index (χ4v) is 18.8. The topological polar surface area (TPSA) is 431 Å². The lowest BCUT2D eigenvalue weighted by Crippen LogP contribution is -2.69. The molecule has 43 heteroatoms. The van der Waals surface area contributed by atoms with Gasteiger partial charge in [-0.15, -0.1) is 0 Å². The van der Waals surface area contributed by atoms with Crippen LogP contribution < -0.4 is 15.4 Å². The van der Waals surface area contributed by atoms with Gasteiger partial charge in [0.25, 0.3) is 10.0 Å². The molecule has 2 amide bonds. The fourth-order valence-electron chi connectivity index (χ4n) is 17.7. The van der Waals surface area contributed by atoms with Crippen molar-refractivity contribution in [3.63, 3.8) is 0 Å². The molecule has 3 aromatic rings. The standard InChI is InChI=1S/C82H128N4O38S/c1-40-25-26-41-23-22-24-44(54(41)84-40)86-125(89,90)43-29-27-42(28-30-43)85-53(88)32-31-52(87)83-33-45-55-62(97-8)69(104-15)76(111-45)119-56-46(34-91-2)113-78(71(106-17)63(56)98-9)121-58-48(36-93-4)115-80(73(108-19)65(58)100-11)123-60-50(38-95-6)117-82(75(110-21)67(60)102-13)124-61-51(39-96-7)116-81(74(109-20)68(61)103-14)122-59-49(37-94-5)114-79(72(107-18)66(59)101-12)120-57-47(35-92-3)112-77(118-55)70(105-16)64(57)99-10/h22-30,45-51,55-82,86H,31-39H2,1-21H3,(H,83,87)(H,85,88)/t45-,46-,47-,48-,49-,50-,51-,55-,56-,57-,58-,59-,60-,61-,62+,63+,64+,65+,66+,67+,68+,69-,70-,71-,72-,73-,74-,75-,76-,77-,78-,79-,80-,81-,82-/m1/s1. The van der Waals surface area contributed by atoms with Crippen LogP contribution in [0.2, 0.25) is 0 Å². The molecule has 21 saturated heterocycles. The van der Waals surface area contributed by atoms with Gasteiger partial charge in [0.2, 0.25) is 11.8 Å². The van der Waals surface area contributed by atoms with E-state index in [1.807, 2.05) is 25.1 Å². The van der Waals surface area contributed by atoms with Gasteiger partial charge in [-0.1, -0.05) is 18.2 Å². The minimum atomic E-state index is -4.12. The van der Waals surface area contributed by atoms with Crippen LogP contribution in [-0.2, 0) is 181 Å². The van der Waals surface area contributed by atoms with E-state index in [-0.39, 0.29) is 69.6 Å². The van der Waals surface area contributed by atoms with Crippen molar-refractivity contribution < 1.29 is 179 Å². The molecule has 0 radical (unpaired) electrons. The number of carbonyl (C=O) groups is 2. The highest BCUT2D eigenvalue weighted by atomic mass is 32.2. The number of aryl methyl sites for hydroxylation is 1. The number of aromatic nitrogens is 1. The second kappa shape index (κ2) is 48.0. The predicted molar refractivity (Wildman–Crippen MR) is 432 cm³/mol. The zero-order chi connectivity index (χ0) is 89.9. The number of amides is 2. The molecule has 710 valence electrons. The highest BCUT2D eigenvalue weighted by molar-refractivity contribution is 7.92. The van der Waals surface area contributed by atoms with Crippen molar-refractivity contribution in [1.82, 2.24) is 10.3 Å². The third-order valence-electron chi connectivity index (χ3n) is 23.6. The molecule has 42 nitrogen and oxygen atoms in total. The zero-order valence-electron chi connectivity index (χ0n) is 74.6. The third-order valence-corrected chi connectivity index (χ3v) is 25.0. The summed E-state index contributed by atoms with van der Waals surface area (Å²) < 4.78 is 252. The Morgan fingerprint density at radius 2 is 0.584 bits per heavy atom. The maximum absolute atomic E-state index is 14.4. The van der Waals surface area contributed by atoms with E-state index in [1.165, 1.54) is 166 Å². The molecule has 21 fully saturated rings. The monoisotopic (exact) mass is 1810 g/mol. The second-order valence-electron chi connectivity index (χ2n) is 30.9. The lowest BCUT2D eigenvalue weighted by molar-refractivity contribution is -0.402. The molecule has 3 N–H and O–H groups in total. The van der Waals surface area contributed by atoms with Crippen LogP contribution in [0.3, 0.4) is 0 Å². The van der Waals surface area contributed by atoms with Crippen LogP contribution in [0.5, 0.6) is 0 Å². The molecule has 14 bridgehead atoms. The molecule has 0 spiro atoms. The number of sulfonamides is 1. The molecule has 0 unspecified atom stereocenters. The van der Waals surface area contributed by atoms with Gasteiger partial charge in [-0.25, -0.2) is 8.42 Å². The number of fused-ring (bicyclic) bond motifs is 1. The van der Waals surface area contributed by atoms with E-state index in [0.29, 0.717) is 16.9 Å². The Kier molecular flexibility index (Phi) is 38.7. The zero-order valence-corrected chi connectivity index (χ0v) is 75.5. The molecule has 24 rings (SSSR count). The summed E-state index contributed by atoms with van der Waals surface area (Å²) in [4.78, 5) is 32.6. The molecule has 0 aliphatic carbocycles. The van der Waals surface area contributed by atoms with Gasteiger partial charge in [-0.2, -0.15) is 0 Å². The van der Waals surface area contributed by atoms with Crippen LogP contribution in [0.25, 0.3) is 10.9 Å². The Labute approximate surface area is 728 Å². The Bertz CT molecular complexity index is 3840. The molecular weight excluding hydrogens is 1680 g/mol. The molecule has 2 aromatic carbocycles. The lowest BCUT2D eigenvalue weighted by atomic mass is 9.94. The van der Waals surface area contributed by atoms with Crippen molar-refractivity contribution in [2.75, 3.05) is 198 Å². The number of hydrogen-bond donors (Lipinski definition) is 3. The minimum Gasteiger partial charge on any atom is -0.382 e. The number of methoxy groups -OCH3 is 20. The van der Waals surface area contributed by atoms with Gasteiger partial charge in [0.05, 0.1) is 55.7 Å². The smallest absolute Gasteiger partial charge is 0.261 e. The number of para-hydroxylation sites is 1. The van der Waals surface area contributed by atoms with Gasteiger partial charge in [0.1, 0.15) is 171 Å². The van der Waals surface area contributed by atoms with E-state index in [4.69, 9.17) is 161 Å². The van der Waals surface area contributed by atoms with Crippen LogP contribution in [0.1, 0.15) is 18.5 Å². The van der Waals surface area contributed by atoms with Gasteiger partial charge >= 0.3 is 0 Å². The number of carbonyl (C=O) groups excluding carboxylic acids is 2. The van der Waals surface area contributed by atoms with Crippen molar-refractivity contribution in [2.45, 2.75) is 240 Å². The third kappa shape index (κ3) is 22.9. The summed E-state index contributed by atoms with van der Waals surface area (Å²) in [5.41, 5.74) is 1.75.